The van der Waals surface area contributed by atoms with E-state index in [0.717, 1.165) is 21.0 Å². The van der Waals surface area contributed by atoms with Crippen LogP contribution in [0, 0.1) is 20.8 Å². The molecular weight excluding hydrogens is 452 g/mol. The van der Waals surface area contributed by atoms with Gasteiger partial charge in [0, 0.05) is 5.69 Å². The standard InChI is InChI=1S/C26H28N2O5S/c1-5-33-26(30)21-13-11-19(3)24(16-21)27-25(29)17-28(22-14-12-18(2)20(4)15-22)34(31,32)23-9-7-6-8-10-23/h6-16H,5,17H2,1-4H3,(H,27,29). The van der Waals surface area contributed by atoms with Crippen molar-refractivity contribution >= 4 is 33.3 Å². The van der Waals surface area contributed by atoms with Crippen molar-refractivity contribution in [3.05, 3.63) is 89.0 Å². The summed E-state index contributed by atoms with van der Waals surface area (Å²) in [4.78, 5) is 25.2. The number of aryl methyl sites for hydroxylation is 3. The van der Waals surface area contributed by atoms with E-state index in [1.807, 2.05) is 19.9 Å². The van der Waals surface area contributed by atoms with Gasteiger partial charge in [-0.15, -0.1) is 0 Å². The zero-order chi connectivity index (χ0) is 24.9. The lowest BCUT2D eigenvalue weighted by Gasteiger charge is -2.25. The predicted molar refractivity (Wildman–Crippen MR) is 133 cm³/mol. The van der Waals surface area contributed by atoms with Crippen LogP contribution >= 0.6 is 0 Å². The Morgan fingerprint density at radius 3 is 2.21 bits per heavy atom. The summed E-state index contributed by atoms with van der Waals surface area (Å²) < 4.78 is 33.1. The predicted octanol–water partition coefficient (Wildman–Crippen LogP) is 4.62. The van der Waals surface area contributed by atoms with E-state index >= 15 is 0 Å². The summed E-state index contributed by atoms with van der Waals surface area (Å²) in [5.41, 5.74) is 3.74. The van der Waals surface area contributed by atoms with Crippen molar-refractivity contribution in [3.63, 3.8) is 0 Å². The highest BCUT2D eigenvalue weighted by molar-refractivity contribution is 7.92. The number of benzene rings is 3. The fourth-order valence-corrected chi connectivity index (χ4v) is 4.77. The minimum absolute atomic E-state index is 0.0847. The van der Waals surface area contributed by atoms with Gasteiger partial charge in [0.05, 0.1) is 22.8 Å². The molecule has 1 amide bonds. The third-order valence-corrected chi connectivity index (χ3v) is 7.21. The van der Waals surface area contributed by atoms with Gasteiger partial charge in [0.25, 0.3) is 10.0 Å². The SMILES string of the molecule is CCOC(=O)c1ccc(C)c(NC(=O)CN(c2ccc(C)c(C)c2)S(=O)(=O)c2ccccc2)c1. The van der Waals surface area contributed by atoms with E-state index in [1.54, 1.807) is 56.3 Å². The molecule has 34 heavy (non-hydrogen) atoms. The number of hydrogen-bond donors (Lipinski definition) is 1. The molecule has 0 saturated heterocycles. The Kier molecular flexibility index (Phi) is 7.73. The molecular formula is C26H28N2O5S. The maximum atomic E-state index is 13.5. The number of esters is 1. The Morgan fingerprint density at radius 1 is 0.882 bits per heavy atom. The molecule has 0 saturated carbocycles. The van der Waals surface area contributed by atoms with Crippen LogP contribution in [0.2, 0.25) is 0 Å². The molecule has 0 aliphatic carbocycles. The van der Waals surface area contributed by atoms with E-state index < -0.39 is 28.4 Å². The summed E-state index contributed by atoms with van der Waals surface area (Å²) in [5.74, 6) is -1.04. The fraction of sp³-hybridized carbons (Fsp3) is 0.231. The molecule has 3 aromatic carbocycles. The second kappa shape index (κ2) is 10.5. The highest BCUT2D eigenvalue weighted by Crippen LogP contribution is 2.26. The van der Waals surface area contributed by atoms with Crippen LogP contribution in [0.15, 0.2) is 71.6 Å². The first-order chi connectivity index (χ1) is 16.1. The van der Waals surface area contributed by atoms with Gasteiger partial charge in [-0.3, -0.25) is 9.10 Å². The number of nitrogens with one attached hydrogen (secondary N) is 1. The van der Waals surface area contributed by atoms with Crippen LogP contribution in [0.5, 0.6) is 0 Å². The Labute approximate surface area is 200 Å². The normalized spacial score (nSPS) is 11.1. The topological polar surface area (TPSA) is 92.8 Å². The van der Waals surface area contributed by atoms with E-state index in [4.69, 9.17) is 4.74 Å². The van der Waals surface area contributed by atoms with Crippen molar-refractivity contribution in [3.8, 4) is 0 Å². The monoisotopic (exact) mass is 480 g/mol. The molecule has 1 N–H and O–H groups in total. The molecule has 0 aliphatic rings. The maximum Gasteiger partial charge on any atom is 0.338 e. The Bertz CT molecular complexity index is 1300. The first-order valence-electron chi connectivity index (χ1n) is 10.9. The molecule has 0 aromatic heterocycles. The van der Waals surface area contributed by atoms with Gasteiger partial charge in [-0.05, 0) is 80.8 Å². The van der Waals surface area contributed by atoms with Gasteiger partial charge >= 0.3 is 5.97 Å². The minimum Gasteiger partial charge on any atom is -0.462 e. The highest BCUT2D eigenvalue weighted by Gasteiger charge is 2.27. The minimum atomic E-state index is -4.01. The zero-order valence-corrected chi connectivity index (χ0v) is 20.5. The van der Waals surface area contributed by atoms with Crippen molar-refractivity contribution in [2.75, 3.05) is 22.8 Å². The summed E-state index contributed by atoms with van der Waals surface area (Å²) in [6, 6.07) is 18.1. The second-order valence-electron chi connectivity index (χ2n) is 7.89. The summed E-state index contributed by atoms with van der Waals surface area (Å²) >= 11 is 0. The molecule has 0 radical (unpaired) electrons. The first kappa shape index (κ1) is 25.0. The number of carbonyl (C=O) groups excluding carboxylic acids is 2. The fourth-order valence-electron chi connectivity index (χ4n) is 3.33. The molecule has 178 valence electrons. The average Bonchev–Trinajstić information content (AvgIpc) is 2.81. The Morgan fingerprint density at radius 2 is 1.56 bits per heavy atom. The van der Waals surface area contributed by atoms with Crippen LogP contribution in [0.4, 0.5) is 11.4 Å². The first-order valence-corrected chi connectivity index (χ1v) is 12.3. The Balaban J connectivity index is 1.94. The molecule has 0 unspecified atom stereocenters. The number of carbonyl (C=O) groups is 2. The summed E-state index contributed by atoms with van der Waals surface area (Å²) in [6.45, 7) is 7.10. The molecule has 0 aliphatic heterocycles. The van der Waals surface area contributed by atoms with Crippen molar-refractivity contribution in [1.29, 1.82) is 0 Å². The van der Waals surface area contributed by atoms with Crippen LogP contribution in [0.3, 0.4) is 0 Å². The molecule has 7 nitrogen and oxygen atoms in total. The molecule has 8 heteroatoms. The summed E-state index contributed by atoms with van der Waals surface area (Å²) in [7, 11) is -4.01. The van der Waals surface area contributed by atoms with Crippen molar-refractivity contribution in [2.24, 2.45) is 0 Å². The van der Waals surface area contributed by atoms with E-state index in [9.17, 15) is 18.0 Å². The van der Waals surface area contributed by atoms with Gasteiger partial charge in [-0.1, -0.05) is 30.3 Å². The van der Waals surface area contributed by atoms with Crippen molar-refractivity contribution < 1.29 is 22.7 Å². The third kappa shape index (κ3) is 5.63. The van der Waals surface area contributed by atoms with Gasteiger partial charge in [0.1, 0.15) is 6.54 Å². The van der Waals surface area contributed by atoms with Crippen LogP contribution in [-0.2, 0) is 19.6 Å². The van der Waals surface area contributed by atoms with Gasteiger partial charge in [0.2, 0.25) is 5.91 Å². The van der Waals surface area contributed by atoms with Gasteiger partial charge in [-0.25, -0.2) is 13.2 Å². The maximum absolute atomic E-state index is 13.5. The number of nitrogens with zero attached hydrogens (tertiary/aromatic N) is 1. The summed E-state index contributed by atoms with van der Waals surface area (Å²) in [6.07, 6.45) is 0. The molecule has 3 aromatic rings. The van der Waals surface area contributed by atoms with Crippen molar-refractivity contribution in [2.45, 2.75) is 32.6 Å². The van der Waals surface area contributed by atoms with E-state index in [-0.39, 0.29) is 11.5 Å². The molecule has 0 bridgehead atoms. The summed E-state index contributed by atoms with van der Waals surface area (Å²) in [5, 5.41) is 2.74. The number of amides is 1. The van der Waals surface area contributed by atoms with Crippen molar-refractivity contribution in [1.82, 2.24) is 0 Å². The number of ether oxygens (including phenoxy) is 1. The zero-order valence-electron chi connectivity index (χ0n) is 19.7. The Hall–Kier alpha value is -3.65. The molecule has 0 fully saturated rings. The number of anilines is 2. The van der Waals surface area contributed by atoms with Crippen LogP contribution in [0.1, 0.15) is 34.0 Å². The number of sulfonamides is 1. The number of hydrogen-bond acceptors (Lipinski definition) is 5. The van der Waals surface area contributed by atoms with Gasteiger partial charge in [-0.2, -0.15) is 0 Å². The quantitative estimate of drug-likeness (QED) is 0.475. The lowest BCUT2D eigenvalue weighted by atomic mass is 10.1. The van der Waals surface area contributed by atoms with Crippen LogP contribution < -0.4 is 9.62 Å². The van der Waals surface area contributed by atoms with E-state index in [1.165, 1.54) is 18.2 Å². The van der Waals surface area contributed by atoms with Gasteiger partial charge in [0.15, 0.2) is 0 Å². The van der Waals surface area contributed by atoms with Crippen LogP contribution in [-0.4, -0.2) is 33.4 Å². The second-order valence-corrected chi connectivity index (χ2v) is 9.75. The lowest BCUT2D eigenvalue weighted by molar-refractivity contribution is -0.114. The molecule has 0 heterocycles. The van der Waals surface area contributed by atoms with E-state index in [0.29, 0.717) is 16.9 Å². The van der Waals surface area contributed by atoms with E-state index in [2.05, 4.69) is 5.32 Å². The average molecular weight is 481 g/mol. The highest BCUT2D eigenvalue weighted by atomic mass is 32.2. The molecule has 0 spiro atoms. The smallest absolute Gasteiger partial charge is 0.338 e. The van der Waals surface area contributed by atoms with Crippen LogP contribution in [0.25, 0.3) is 0 Å². The molecule has 0 atom stereocenters. The third-order valence-electron chi connectivity index (χ3n) is 5.42. The number of rotatable bonds is 8. The molecule has 3 rings (SSSR count). The van der Waals surface area contributed by atoms with Gasteiger partial charge < -0.3 is 10.1 Å². The lowest BCUT2D eigenvalue weighted by Crippen LogP contribution is -2.38. The largest absolute Gasteiger partial charge is 0.462 e.